The molecule has 0 aliphatic rings. The van der Waals surface area contributed by atoms with Gasteiger partial charge in [0.2, 0.25) is 0 Å². The van der Waals surface area contributed by atoms with Gasteiger partial charge in [0.25, 0.3) is 0 Å². The summed E-state index contributed by atoms with van der Waals surface area (Å²) < 4.78 is 1.09. The molecule has 9 heavy (non-hydrogen) atoms. The number of hydrogen-bond acceptors (Lipinski definition) is 0. The van der Waals surface area contributed by atoms with Crippen LogP contribution in [-0.2, 0) is 0 Å². The average molecular weight is 226 g/mol. The maximum Gasteiger partial charge on any atom is 0.0861 e. The Bertz CT molecular complexity index is 133. The summed E-state index contributed by atoms with van der Waals surface area (Å²) in [5.74, 6) is 0.582. The molecule has 54 valence electrons. The summed E-state index contributed by atoms with van der Waals surface area (Å²) in [4.78, 5) is 0. The molecule has 0 atom stereocenters. The Balaban J connectivity index is 4.19. The van der Waals surface area contributed by atoms with Crippen LogP contribution in [0.5, 0.6) is 0 Å². The van der Waals surface area contributed by atoms with Crippen LogP contribution in [0.15, 0.2) is 0 Å². The van der Waals surface area contributed by atoms with Gasteiger partial charge in [0.15, 0.2) is 0 Å². The Labute approximate surface area is 77.6 Å². The normalized spacial score (nSPS) is 8.89. The van der Waals surface area contributed by atoms with Gasteiger partial charge in [-0.3, -0.25) is 0 Å². The highest BCUT2D eigenvalue weighted by atomic mass is 35.5. The quantitative estimate of drug-likeness (QED) is 0.385. The summed E-state index contributed by atoms with van der Waals surface area (Å²) in [7, 11) is 1.20. The zero-order chi connectivity index (χ0) is 7.28. The topological polar surface area (TPSA) is 0 Å². The van der Waals surface area contributed by atoms with Crippen molar-refractivity contribution in [3.05, 3.63) is 0 Å². The van der Waals surface area contributed by atoms with Gasteiger partial charge in [0.1, 0.15) is 0 Å². The molecule has 0 aromatic carbocycles. The molecule has 0 heterocycles. The van der Waals surface area contributed by atoms with Crippen LogP contribution in [0.25, 0.3) is 0 Å². The van der Waals surface area contributed by atoms with Gasteiger partial charge in [-0.2, -0.15) is 0 Å². The summed E-state index contributed by atoms with van der Waals surface area (Å²) in [5, 5.41) is 0. The molecular formula is C4H4Cl4S. The molecule has 0 saturated heterocycles. The molecule has 0 bridgehead atoms. The van der Waals surface area contributed by atoms with Gasteiger partial charge in [0, 0.05) is 0 Å². The van der Waals surface area contributed by atoms with E-state index in [1.54, 1.807) is 0 Å². The minimum atomic E-state index is 0.291. The molecular weight excluding hydrogens is 222 g/mol. The smallest absolute Gasteiger partial charge is 0.0861 e. The lowest BCUT2D eigenvalue weighted by molar-refractivity contribution is 2.08. The summed E-state index contributed by atoms with van der Waals surface area (Å²) in [6, 6.07) is 0. The van der Waals surface area contributed by atoms with Crippen LogP contribution in [0.2, 0.25) is 0 Å². The van der Waals surface area contributed by atoms with Gasteiger partial charge in [-0.05, 0) is 0 Å². The van der Waals surface area contributed by atoms with Crippen molar-refractivity contribution in [3.63, 3.8) is 0 Å². The van der Waals surface area contributed by atoms with Crippen LogP contribution in [0, 0.1) is 0 Å². The number of rotatable bonds is 2. The van der Waals surface area contributed by atoms with E-state index in [1.165, 1.54) is 10.9 Å². The lowest BCUT2D eigenvalue weighted by Crippen LogP contribution is -1.86. The first-order valence-electron chi connectivity index (χ1n) is 2.03. The third kappa shape index (κ3) is 5.56. The minimum Gasteiger partial charge on any atom is -0.120 e. The Hall–Kier alpha value is 1.12. The fourth-order valence-corrected chi connectivity index (χ4v) is 1.53. The second kappa shape index (κ2) is 5.87. The first kappa shape index (κ1) is 10.1. The highest BCUT2D eigenvalue weighted by Crippen LogP contribution is 1.98. The van der Waals surface area contributed by atoms with Crippen LogP contribution < -0.4 is 0 Å². The summed E-state index contributed by atoms with van der Waals surface area (Å²) in [5.41, 5.74) is 0. The Morgan fingerprint density at radius 2 is 1.33 bits per heavy atom. The van der Waals surface area contributed by atoms with Gasteiger partial charge in [-0.15, -0.1) is 34.1 Å². The molecule has 0 rings (SSSR count). The van der Waals surface area contributed by atoms with Crippen LogP contribution in [0.1, 0.15) is 0 Å². The third-order valence-electron chi connectivity index (χ3n) is 0.432. The first-order chi connectivity index (χ1) is 4.20. The highest BCUT2D eigenvalue weighted by Gasteiger charge is 1.88. The summed E-state index contributed by atoms with van der Waals surface area (Å²) in [6.07, 6.45) is 0. The van der Waals surface area contributed by atoms with Crippen molar-refractivity contribution >= 4 is 66.0 Å². The second-order valence-electron chi connectivity index (χ2n) is 1.08. The van der Waals surface area contributed by atoms with E-state index in [1.807, 2.05) is 0 Å². The van der Waals surface area contributed by atoms with Crippen LogP contribution in [-0.4, -0.2) is 20.4 Å². The molecule has 0 aromatic rings. The molecule has 0 aliphatic carbocycles. The van der Waals surface area contributed by atoms with E-state index >= 15 is 0 Å². The van der Waals surface area contributed by atoms with E-state index in [0.29, 0.717) is 20.4 Å². The van der Waals surface area contributed by atoms with Crippen molar-refractivity contribution in [2.24, 2.45) is 0 Å². The molecule has 0 saturated carbocycles. The largest absolute Gasteiger partial charge is 0.120 e. The van der Waals surface area contributed by atoms with E-state index in [4.69, 9.17) is 46.4 Å². The van der Waals surface area contributed by atoms with Gasteiger partial charge in [-0.25, -0.2) is 0 Å². The maximum absolute atomic E-state index is 5.52. The van der Waals surface area contributed by atoms with E-state index in [2.05, 4.69) is 0 Å². The van der Waals surface area contributed by atoms with Crippen LogP contribution >= 0.6 is 57.3 Å². The van der Waals surface area contributed by atoms with Crippen molar-refractivity contribution in [1.29, 1.82) is 0 Å². The molecule has 0 amide bonds. The van der Waals surface area contributed by atoms with E-state index in [9.17, 15) is 0 Å². The first-order valence-corrected chi connectivity index (χ1v) is 4.67. The van der Waals surface area contributed by atoms with Crippen LogP contribution in [0.3, 0.4) is 0 Å². The van der Waals surface area contributed by atoms with Crippen molar-refractivity contribution in [2.75, 3.05) is 11.8 Å². The van der Waals surface area contributed by atoms with Crippen molar-refractivity contribution in [2.45, 2.75) is 0 Å². The summed E-state index contributed by atoms with van der Waals surface area (Å²) in [6.45, 7) is 0. The zero-order valence-corrected chi connectivity index (χ0v) is 8.17. The monoisotopic (exact) mass is 224 g/mol. The molecule has 0 nitrogen and oxygen atoms in total. The fraction of sp³-hybridized carbons (Fsp3) is 0.500. The Morgan fingerprint density at radius 3 is 1.56 bits per heavy atom. The number of halogens is 4. The predicted octanol–water partition coefficient (Wildman–Crippen LogP) is 2.93. The molecule has 5 heteroatoms. The Morgan fingerprint density at radius 1 is 1.00 bits per heavy atom. The van der Waals surface area contributed by atoms with Crippen molar-refractivity contribution < 1.29 is 0 Å². The van der Waals surface area contributed by atoms with Crippen LogP contribution in [0.4, 0.5) is 0 Å². The van der Waals surface area contributed by atoms with Gasteiger partial charge in [-0.1, -0.05) is 23.2 Å². The van der Waals surface area contributed by atoms with E-state index in [0.717, 1.165) is 0 Å². The van der Waals surface area contributed by atoms with Gasteiger partial charge in [0.05, 0.1) is 20.4 Å². The molecule has 0 unspecified atom stereocenters. The van der Waals surface area contributed by atoms with Crippen molar-refractivity contribution in [3.8, 4) is 0 Å². The molecule has 0 aliphatic heterocycles. The maximum atomic E-state index is 5.52. The average Bonchev–Trinajstić information content (AvgIpc) is 1.87. The lowest BCUT2D eigenvalue weighted by Gasteiger charge is -1.83. The van der Waals surface area contributed by atoms with Gasteiger partial charge >= 0.3 is 0 Å². The minimum absolute atomic E-state index is 0.291. The van der Waals surface area contributed by atoms with Gasteiger partial charge < -0.3 is 0 Å². The molecule has 0 spiro atoms. The lowest BCUT2D eigenvalue weighted by atomic mass is 10.9. The second-order valence-corrected chi connectivity index (χ2v) is 4.16. The van der Waals surface area contributed by atoms with E-state index in [-0.39, 0.29) is 0 Å². The summed E-state index contributed by atoms with van der Waals surface area (Å²) >= 11 is 21.7. The highest BCUT2D eigenvalue weighted by molar-refractivity contribution is 8.02. The fourth-order valence-electron chi connectivity index (χ4n) is 0.175. The van der Waals surface area contributed by atoms with Crippen molar-refractivity contribution in [1.82, 2.24) is 0 Å². The predicted molar refractivity (Wildman–Crippen MR) is 50.8 cm³/mol. The number of alkyl halides is 2. The molecule has 0 radical (unpaired) electrons. The zero-order valence-electron chi connectivity index (χ0n) is 4.33. The molecule has 0 fully saturated rings. The Kier molecular flexibility index (Phi) is 6.60. The number of hydrogen-bond donors (Lipinski definition) is 0. The standard InChI is InChI=1S/C4H4Cl4S/c5-1-3(7)9-4(8)2-6/h1-2H2. The SMILES string of the molecule is ClCC(Cl)=S=C(Cl)CCl. The third-order valence-corrected chi connectivity index (χ3v) is 3.02. The van der Waals surface area contributed by atoms with E-state index < -0.39 is 0 Å². The molecule has 0 aromatic heterocycles. The molecule has 0 N–H and O–H groups in total.